The molecule has 3 nitrogen and oxygen atoms in total. The Kier molecular flexibility index (Phi) is 4.11. The van der Waals surface area contributed by atoms with E-state index in [9.17, 15) is 9.00 Å². The number of carboxylic acid groups (broad SMARTS) is 1. The van der Waals surface area contributed by atoms with Gasteiger partial charge in [-0.25, -0.2) is 0 Å². The first-order valence-corrected chi connectivity index (χ1v) is 6.42. The zero-order valence-electron chi connectivity index (χ0n) is 8.73. The van der Waals surface area contributed by atoms with E-state index in [0.29, 0.717) is 5.92 Å². The van der Waals surface area contributed by atoms with Crippen molar-refractivity contribution < 1.29 is 14.1 Å². The van der Waals surface area contributed by atoms with Crippen molar-refractivity contribution in [1.29, 1.82) is 0 Å². The summed E-state index contributed by atoms with van der Waals surface area (Å²) in [5.41, 5.74) is 0. The van der Waals surface area contributed by atoms with Gasteiger partial charge in [0.1, 0.15) is 5.25 Å². The van der Waals surface area contributed by atoms with Crippen molar-refractivity contribution in [1.82, 2.24) is 0 Å². The highest BCUT2D eigenvalue weighted by Gasteiger charge is 2.30. The van der Waals surface area contributed by atoms with Crippen molar-refractivity contribution >= 4 is 16.8 Å². The Hall–Kier alpha value is -0.380. The minimum Gasteiger partial charge on any atom is -0.480 e. The molecule has 1 fully saturated rings. The number of aliphatic carboxylic acids is 1. The van der Waals surface area contributed by atoms with E-state index < -0.39 is 22.0 Å². The molecule has 82 valence electrons. The summed E-state index contributed by atoms with van der Waals surface area (Å²) < 4.78 is 11.8. The molecule has 0 aromatic heterocycles. The van der Waals surface area contributed by atoms with Gasteiger partial charge in [-0.1, -0.05) is 19.8 Å². The molecule has 0 aromatic rings. The number of hydrogen-bond acceptors (Lipinski definition) is 2. The first kappa shape index (κ1) is 11.7. The zero-order valence-corrected chi connectivity index (χ0v) is 9.55. The molecule has 14 heavy (non-hydrogen) atoms. The zero-order chi connectivity index (χ0) is 10.7. The molecule has 0 bridgehead atoms. The predicted octanol–water partition coefficient (Wildman–Crippen LogP) is 1.79. The van der Waals surface area contributed by atoms with E-state index in [1.165, 1.54) is 13.3 Å². The fraction of sp³-hybridized carbons (Fsp3) is 0.900. The van der Waals surface area contributed by atoms with Gasteiger partial charge in [-0.05, 0) is 25.7 Å². The van der Waals surface area contributed by atoms with Gasteiger partial charge >= 0.3 is 5.97 Å². The van der Waals surface area contributed by atoms with Crippen molar-refractivity contribution in [2.24, 2.45) is 5.92 Å². The van der Waals surface area contributed by atoms with Gasteiger partial charge in [0.2, 0.25) is 0 Å². The summed E-state index contributed by atoms with van der Waals surface area (Å²) in [6.07, 6.45) is 4.12. The largest absolute Gasteiger partial charge is 0.480 e. The second kappa shape index (κ2) is 4.91. The number of carbonyl (C=O) groups is 1. The van der Waals surface area contributed by atoms with Gasteiger partial charge < -0.3 is 5.11 Å². The first-order valence-electron chi connectivity index (χ1n) is 5.14. The topological polar surface area (TPSA) is 54.4 Å². The molecule has 0 amide bonds. The summed E-state index contributed by atoms with van der Waals surface area (Å²) >= 11 is 0. The second-order valence-electron chi connectivity index (χ2n) is 4.20. The third-order valence-electron chi connectivity index (χ3n) is 2.91. The normalized spacial score (nSPS) is 32.1. The van der Waals surface area contributed by atoms with Crippen LogP contribution in [-0.2, 0) is 15.6 Å². The Morgan fingerprint density at radius 2 is 2.14 bits per heavy atom. The van der Waals surface area contributed by atoms with E-state index >= 15 is 0 Å². The Morgan fingerprint density at radius 3 is 2.64 bits per heavy atom. The van der Waals surface area contributed by atoms with Gasteiger partial charge in [-0.3, -0.25) is 9.00 Å². The van der Waals surface area contributed by atoms with Crippen LogP contribution in [0.5, 0.6) is 0 Å². The van der Waals surface area contributed by atoms with Crippen LogP contribution < -0.4 is 0 Å². The van der Waals surface area contributed by atoms with Gasteiger partial charge in [0.05, 0.1) is 0 Å². The van der Waals surface area contributed by atoms with Crippen LogP contribution >= 0.6 is 0 Å². The Labute approximate surface area is 87.3 Å². The molecule has 0 saturated heterocycles. The molecule has 4 heteroatoms. The van der Waals surface area contributed by atoms with E-state index in [-0.39, 0.29) is 5.25 Å². The lowest BCUT2D eigenvalue weighted by Crippen LogP contribution is -2.33. The van der Waals surface area contributed by atoms with Crippen LogP contribution in [0.25, 0.3) is 0 Å². The summed E-state index contributed by atoms with van der Waals surface area (Å²) in [4.78, 5) is 10.7. The van der Waals surface area contributed by atoms with Gasteiger partial charge in [-0.2, -0.15) is 0 Å². The second-order valence-corrected chi connectivity index (χ2v) is 6.23. The monoisotopic (exact) mass is 218 g/mol. The molecular weight excluding hydrogens is 200 g/mol. The van der Waals surface area contributed by atoms with E-state index in [4.69, 9.17) is 5.11 Å². The summed E-state index contributed by atoms with van der Waals surface area (Å²) in [7, 11) is -1.20. The van der Waals surface area contributed by atoms with Gasteiger partial charge in [0.25, 0.3) is 0 Å². The minimum absolute atomic E-state index is 0.102. The maximum atomic E-state index is 11.8. The lowest BCUT2D eigenvalue weighted by Gasteiger charge is -2.27. The van der Waals surface area contributed by atoms with E-state index in [2.05, 4.69) is 6.92 Å². The molecule has 0 aromatic carbocycles. The SMILES string of the molecule is CC1CCCC(S(=O)C(C)C(=O)O)C1. The third kappa shape index (κ3) is 2.80. The highest BCUT2D eigenvalue weighted by Crippen LogP contribution is 2.28. The van der Waals surface area contributed by atoms with E-state index in [0.717, 1.165) is 19.3 Å². The van der Waals surface area contributed by atoms with Crippen LogP contribution in [-0.4, -0.2) is 25.8 Å². The van der Waals surface area contributed by atoms with Crippen LogP contribution in [0.3, 0.4) is 0 Å². The number of rotatable bonds is 3. The highest BCUT2D eigenvalue weighted by atomic mass is 32.2. The molecule has 0 aliphatic heterocycles. The lowest BCUT2D eigenvalue weighted by molar-refractivity contribution is -0.136. The van der Waals surface area contributed by atoms with Crippen LogP contribution in [0.4, 0.5) is 0 Å². The fourth-order valence-corrected chi connectivity index (χ4v) is 3.67. The fourth-order valence-electron chi connectivity index (χ4n) is 1.98. The average molecular weight is 218 g/mol. The molecule has 4 atom stereocenters. The molecule has 0 heterocycles. The Morgan fingerprint density at radius 1 is 1.50 bits per heavy atom. The van der Waals surface area contributed by atoms with Crippen molar-refractivity contribution in [2.75, 3.05) is 0 Å². The summed E-state index contributed by atoms with van der Waals surface area (Å²) in [6.45, 7) is 3.69. The quantitative estimate of drug-likeness (QED) is 0.785. The molecule has 1 aliphatic rings. The molecule has 0 spiro atoms. The van der Waals surface area contributed by atoms with E-state index in [1.807, 2.05) is 0 Å². The maximum Gasteiger partial charge on any atom is 0.318 e. The van der Waals surface area contributed by atoms with E-state index in [1.54, 1.807) is 0 Å². The van der Waals surface area contributed by atoms with Crippen molar-refractivity contribution in [3.63, 3.8) is 0 Å². The van der Waals surface area contributed by atoms with Crippen LogP contribution in [0.1, 0.15) is 39.5 Å². The minimum atomic E-state index is -1.20. The Balaban J connectivity index is 2.55. The smallest absolute Gasteiger partial charge is 0.318 e. The molecule has 4 unspecified atom stereocenters. The number of carboxylic acids is 1. The summed E-state index contributed by atoms with van der Waals surface area (Å²) in [5.74, 6) is -0.347. The average Bonchev–Trinajstić information content (AvgIpc) is 2.15. The van der Waals surface area contributed by atoms with Crippen molar-refractivity contribution in [3.05, 3.63) is 0 Å². The Bertz CT molecular complexity index is 240. The van der Waals surface area contributed by atoms with Crippen molar-refractivity contribution in [2.45, 2.75) is 50.0 Å². The molecule has 1 N–H and O–H groups in total. The molecule has 1 aliphatic carbocycles. The van der Waals surface area contributed by atoms with Crippen LogP contribution in [0, 0.1) is 5.92 Å². The predicted molar refractivity (Wildman–Crippen MR) is 56.7 cm³/mol. The van der Waals surface area contributed by atoms with Crippen LogP contribution in [0.15, 0.2) is 0 Å². The highest BCUT2D eigenvalue weighted by molar-refractivity contribution is 7.87. The molecule has 0 radical (unpaired) electrons. The van der Waals surface area contributed by atoms with Gasteiger partial charge in [0.15, 0.2) is 0 Å². The number of hydrogen-bond donors (Lipinski definition) is 1. The molecule has 1 rings (SSSR count). The van der Waals surface area contributed by atoms with Crippen LogP contribution in [0.2, 0.25) is 0 Å². The summed E-state index contributed by atoms with van der Waals surface area (Å²) in [5, 5.41) is 8.14. The third-order valence-corrected chi connectivity index (χ3v) is 4.90. The van der Waals surface area contributed by atoms with Gasteiger partial charge in [-0.15, -0.1) is 0 Å². The molecular formula is C10H18O3S. The standard InChI is InChI=1S/C10H18O3S/c1-7-4-3-5-9(6-7)14(13)8(2)10(11)12/h7-9H,3-6H2,1-2H3,(H,11,12). The summed E-state index contributed by atoms with van der Waals surface area (Å²) in [6, 6.07) is 0. The molecule has 1 saturated carbocycles. The van der Waals surface area contributed by atoms with Gasteiger partial charge in [0, 0.05) is 16.0 Å². The first-order chi connectivity index (χ1) is 6.52. The lowest BCUT2D eigenvalue weighted by atomic mass is 9.91. The maximum absolute atomic E-state index is 11.8. The van der Waals surface area contributed by atoms with Crippen molar-refractivity contribution in [3.8, 4) is 0 Å².